The quantitative estimate of drug-likeness (QED) is 0.286. The molecule has 4 N–H and O–H groups in total. The zero-order chi connectivity index (χ0) is 28.6. The standard InChI is InChI=1S/C24H26F6N6O3/c1-22(2)7-6-12(8-33-22)34-20-32-10-15(24(28,29)30)17(36-20)14-9-31-18-13(14)4-5-16(35-21(37)38-3)19(18)39-11-23(25,26)27/h4-5,9-10,12,31,33H,6-8,11H2,1-3H3,(H,35,37)(H,32,34,36)/t12-/m0/s1. The Morgan fingerprint density at radius 2 is 1.95 bits per heavy atom. The van der Waals surface area contributed by atoms with Crippen LogP contribution in [0.2, 0.25) is 0 Å². The topological polar surface area (TPSA) is 113 Å². The van der Waals surface area contributed by atoms with E-state index in [1.807, 2.05) is 13.8 Å². The van der Waals surface area contributed by atoms with Crippen LogP contribution < -0.4 is 20.7 Å². The Bertz CT molecular complexity index is 1340. The highest BCUT2D eigenvalue weighted by atomic mass is 19.4. The summed E-state index contributed by atoms with van der Waals surface area (Å²) in [7, 11) is 1.06. The number of nitrogens with zero attached hydrogens (tertiary/aromatic N) is 2. The van der Waals surface area contributed by atoms with Gasteiger partial charge >= 0.3 is 18.4 Å². The molecule has 1 fully saturated rings. The minimum Gasteiger partial charge on any atom is -0.480 e. The Kier molecular flexibility index (Phi) is 7.56. The molecular weight excluding hydrogens is 534 g/mol. The molecule has 0 aliphatic carbocycles. The van der Waals surface area contributed by atoms with Gasteiger partial charge in [-0.05, 0) is 38.8 Å². The van der Waals surface area contributed by atoms with Gasteiger partial charge in [0, 0.05) is 41.5 Å². The third kappa shape index (κ3) is 6.64. The molecule has 1 aliphatic rings. The Morgan fingerprint density at radius 1 is 1.21 bits per heavy atom. The number of H-pyrrole nitrogens is 1. The minimum absolute atomic E-state index is 0.0311. The number of aromatic nitrogens is 3. The highest BCUT2D eigenvalue weighted by Gasteiger charge is 2.37. The molecule has 1 aliphatic heterocycles. The fourth-order valence-corrected chi connectivity index (χ4v) is 4.23. The molecular formula is C24H26F6N6O3. The number of carbonyl (C=O) groups is 1. The van der Waals surface area contributed by atoms with Crippen LogP contribution in [0.3, 0.4) is 0 Å². The van der Waals surface area contributed by atoms with Gasteiger partial charge < -0.3 is 25.1 Å². The van der Waals surface area contributed by atoms with Crippen LogP contribution in [-0.2, 0) is 10.9 Å². The molecule has 15 heteroatoms. The van der Waals surface area contributed by atoms with E-state index in [0.717, 1.165) is 20.0 Å². The lowest BCUT2D eigenvalue weighted by Gasteiger charge is -2.36. The van der Waals surface area contributed by atoms with Crippen LogP contribution in [0.4, 0.5) is 42.8 Å². The van der Waals surface area contributed by atoms with E-state index in [-0.39, 0.29) is 39.7 Å². The third-order valence-electron chi connectivity index (χ3n) is 6.24. The van der Waals surface area contributed by atoms with Crippen molar-refractivity contribution in [1.29, 1.82) is 0 Å². The average molecular weight is 560 g/mol. The number of piperidine rings is 1. The Balaban J connectivity index is 1.77. The van der Waals surface area contributed by atoms with Gasteiger partial charge in [-0.1, -0.05) is 0 Å². The number of carbonyl (C=O) groups excluding carboxylic acids is 1. The first-order valence-corrected chi connectivity index (χ1v) is 11.8. The molecule has 1 aromatic carbocycles. The SMILES string of the molecule is COC(=O)Nc1ccc2c(-c3nc(N[C@H]4CCC(C)(C)NC4)ncc3C(F)(F)F)c[nH]c2c1OCC(F)(F)F. The molecule has 3 heterocycles. The zero-order valence-corrected chi connectivity index (χ0v) is 21.1. The fraction of sp³-hybridized carbons (Fsp3) is 0.458. The minimum atomic E-state index is -4.82. The maximum absolute atomic E-state index is 14.0. The summed E-state index contributed by atoms with van der Waals surface area (Å²) in [5.74, 6) is -0.463. The van der Waals surface area contributed by atoms with Crippen LogP contribution in [-0.4, -0.2) is 59.1 Å². The number of methoxy groups -OCH3 is 1. The molecule has 0 saturated carbocycles. The fourth-order valence-electron chi connectivity index (χ4n) is 4.23. The van der Waals surface area contributed by atoms with Gasteiger partial charge in [0.05, 0.1) is 24.0 Å². The van der Waals surface area contributed by atoms with E-state index in [1.54, 1.807) is 0 Å². The van der Waals surface area contributed by atoms with E-state index < -0.39 is 42.1 Å². The number of anilines is 2. The number of hydrogen-bond acceptors (Lipinski definition) is 7. The van der Waals surface area contributed by atoms with Crippen LogP contribution in [0.15, 0.2) is 24.5 Å². The number of hydrogen-bond donors (Lipinski definition) is 4. The smallest absolute Gasteiger partial charge is 0.422 e. The first-order valence-electron chi connectivity index (χ1n) is 11.8. The maximum atomic E-state index is 14.0. The first-order chi connectivity index (χ1) is 18.2. The molecule has 0 spiro atoms. The van der Waals surface area contributed by atoms with Crippen LogP contribution >= 0.6 is 0 Å². The second kappa shape index (κ2) is 10.4. The van der Waals surface area contributed by atoms with E-state index in [4.69, 9.17) is 4.74 Å². The Labute approximate surface area is 218 Å². The average Bonchev–Trinajstić information content (AvgIpc) is 3.27. The van der Waals surface area contributed by atoms with Crippen LogP contribution in [0, 0.1) is 0 Å². The number of rotatable bonds is 6. The monoisotopic (exact) mass is 560 g/mol. The van der Waals surface area contributed by atoms with E-state index in [2.05, 4.69) is 35.6 Å². The second-order valence-corrected chi connectivity index (χ2v) is 9.69. The van der Waals surface area contributed by atoms with Crippen molar-refractivity contribution in [3.63, 3.8) is 0 Å². The maximum Gasteiger partial charge on any atom is 0.422 e. The molecule has 1 atom stereocenters. The number of benzene rings is 1. The normalized spacial score (nSPS) is 17.6. The predicted molar refractivity (Wildman–Crippen MR) is 131 cm³/mol. The van der Waals surface area contributed by atoms with Gasteiger partial charge in [0.1, 0.15) is 5.56 Å². The van der Waals surface area contributed by atoms with Gasteiger partial charge in [0.15, 0.2) is 12.4 Å². The summed E-state index contributed by atoms with van der Waals surface area (Å²) >= 11 is 0. The van der Waals surface area contributed by atoms with Gasteiger partial charge in [-0.2, -0.15) is 26.3 Å². The van der Waals surface area contributed by atoms with Crippen molar-refractivity contribution in [2.75, 3.05) is 30.9 Å². The summed E-state index contributed by atoms with van der Waals surface area (Å²) in [5.41, 5.74) is -1.99. The van der Waals surface area contributed by atoms with Crippen LogP contribution in [0.25, 0.3) is 22.2 Å². The lowest BCUT2D eigenvalue weighted by molar-refractivity contribution is -0.153. The molecule has 3 aromatic rings. The van der Waals surface area contributed by atoms with Crippen molar-refractivity contribution < 1.29 is 40.6 Å². The molecule has 0 bridgehead atoms. The van der Waals surface area contributed by atoms with Gasteiger partial charge in [0.25, 0.3) is 0 Å². The van der Waals surface area contributed by atoms with Gasteiger partial charge in [0.2, 0.25) is 5.95 Å². The van der Waals surface area contributed by atoms with Crippen molar-refractivity contribution in [1.82, 2.24) is 20.3 Å². The number of halogens is 6. The summed E-state index contributed by atoms with van der Waals surface area (Å²) in [6.45, 7) is 2.94. The van der Waals surface area contributed by atoms with Gasteiger partial charge in [-0.15, -0.1) is 0 Å². The van der Waals surface area contributed by atoms with Crippen molar-refractivity contribution in [3.05, 3.63) is 30.1 Å². The summed E-state index contributed by atoms with van der Waals surface area (Å²) in [4.78, 5) is 22.4. The zero-order valence-electron chi connectivity index (χ0n) is 21.1. The summed E-state index contributed by atoms with van der Waals surface area (Å²) < 4.78 is 90.1. The molecule has 0 radical (unpaired) electrons. The molecule has 4 rings (SSSR count). The number of nitrogens with one attached hydrogen (secondary N) is 4. The molecule has 212 valence electrons. The Hall–Kier alpha value is -3.75. The van der Waals surface area contributed by atoms with Crippen molar-refractivity contribution in [3.8, 4) is 17.0 Å². The summed E-state index contributed by atoms with van der Waals surface area (Å²) in [5, 5.41) is 8.73. The second-order valence-electron chi connectivity index (χ2n) is 9.69. The van der Waals surface area contributed by atoms with Crippen LogP contribution in [0.1, 0.15) is 32.3 Å². The molecule has 1 amide bonds. The highest BCUT2D eigenvalue weighted by Crippen LogP contribution is 2.42. The van der Waals surface area contributed by atoms with Gasteiger partial charge in [-0.3, -0.25) is 5.32 Å². The highest BCUT2D eigenvalue weighted by molar-refractivity contribution is 6.03. The van der Waals surface area contributed by atoms with E-state index in [9.17, 15) is 31.1 Å². The number of aromatic amines is 1. The van der Waals surface area contributed by atoms with Crippen molar-refractivity contribution >= 4 is 28.6 Å². The number of ether oxygens (including phenoxy) is 2. The Morgan fingerprint density at radius 3 is 2.56 bits per heavy atom. The lowest BCUT2D eigenvalue weighted by atomic mass is 9.91. The molecule has 9 nitrogen and oxygen atoms in total. The number of amides is 1. The number of fused-ring (bicyclic) bond motifs is 1. The van der Waals surface area contributed by atoms with E-state index in [0.29, 0.717) is 12.7 Å². The molecule has 2 aromatic heterocycles. The largest absolute Gasteiger partial charge is 0.480 e. The summed E-state index contributed by atoms with van der Waals surface area (Å²) in [6.07, 6.45) is -7.12. The van der Waals surface area contributed by atoms with Gasteiger partial charge in [-0.25, -0.2) is 14.8 Å². The molecule has 0 unspecified atom stereocenters. The van der Waals surface area contributed by atoms with E-state index in [1.165, 1.54) is 18.3 Å². The number of alkyl halides is 6. The third-order valence-corrected chi connectivity index (χ3v) is 6.24. The summed E-state index contributed by atoms with van der Waals surface area (Å²) in [6, 6.07) is 2.40. The lowest BCUT2D eigenvalue weighted by Crippen LogP contribution is -2.50. The predicted octanol–water partition coefficient (Wildman–Crippen LogP) is 5.71. The first kappa shape index (κ1) is 28.3. The molecule has 39 heavy (non-hydrogen) atoms. The van der Waals surface area contributed by atoms with Crippen LogP contribution in [0.5, 0.6) is 5.75 Å². The molecule has 1 saturated heterocycles. The van der Waals surface area contributed by atoms with Crippen molar-refractivity contribution in [2.45, 2.75) is 50.6 Å². The van der Waals surface area contributed by atoms with Crippen molar-refractivity contribution in [2.24, 2.45) is 0 Å². The van der Waals surface area contributed by atoms with E-state index >= 15 is 0 Å².